The lowest BCUT2D eigenvalue weighted by atomic mass is 9.95. The maximum atomic E-state index is 12.7. The Balaban J connectivity index is 1.35. The molecule has 0 atom stereocenters. The van der Waals surface area contributed by atoms with Gasteiger partial charge < -0.3 is 18.7 Å². The van der Waals surface area contributed by atoms with Crippen LogP contribution in [0.1, 0.15) is 24.3 Å². The fraction of sp³-hybridized carbons (Fsp3) is 0.421. The number of rotatable bonds is 4. The summed E-state index contributed by atoms with van der Waals surface area (Å²) in [6, 6.07) is 10.3. The minimum atomic E-state index is 0.0219. The molecule has 1 amide bonds. The van der Waals surface area contributed by atoms with Crippen LogP contribution in [0.25, 0.3) is 11.1 Å². The molecule has 0 saturated carbocycles. The number of oxazole rings is 1. The molecule has 1 saturated heterocycles. The molecule has 7 nitrogen and oxygen atoms in total. The maximum Gasteiger partial charge on any atom is 0.298 e. The summed E-state index contributed by atoms with van der Waals surface area (Å²) in [5.74, 6) is 0.934. The zero-order valence-corrected chi connectivity index (χ0v) is 15.0. The van der Waals surface area contributed by atoms with Gasteiger partial charge in [0.25, 0.3) is 6.01 Å². The van der Waals surface area contributed by atoms with E-state index in [1.807, 2.05) is 44.3 Å². The standard InChI is InChI=1S/C19H22N4O3/c1-13-11-15(21-26-13)12-22(2)18(24)14-7-9-23(10-8-14)19-20-16-5-3-4-6-17(16)25-19/h3-6,11,14H,7-10,12H2,1-2H3. The van der Waals surface area contributed by atoms with E-state index in [1.54, 1.807) is 4.90 Å². The Bertz CT molecular complexity index is 875. The third-order valence-corrected chi connectivity index (χ3v) is 4.85. The number of hydrogen-bond donors (Lipinski definition) is 0. The van der Waals surface area contributed by atoms with Crippen LogP contribution in [0, 0.1) is 12.8 Å². The molecule has 26 heavy (non-hydrogen) atoms. The molecule has 1 aromatic carbocycles. The van der Waals surface area contributed by atoms with Gasteiger partial charge in [0.1, 0.15) is 17.0 Å². The van der Waals surface area contributed by atoms with Gasteiger partial charge in [-0.25, -0.2) is 0 Å². The summed E-state index contributed by atoms with van der Waals surface area (Å²) < 4.78 is 10.9. The lowest BCUT2D eigenvalue weighted by Gasteiger charge is -2.32. The molecule has 1 aliphatic heterocycles. The molecule has 1 aliphatic rings. The van der Waals surface area contributed by atoms with E-state index in [9.17, 15) is 4.79 Å². The van der Waals surface area contributed by atoms with Crippen LogP contribution in [-0.4, -0.2) is 41.1 Å². The molecule has 0 radical (unpaired) electrons. The number of carbonyl (C=O) groups excluding carboxylic acids is 1. The first-order valence-corrected chi connectivity index (χ1v) is 8.88. The van der Waals surface area contributed by atoms with Crippen molar-refractivity contribution in [1.29, 1.82) is 0 Å². The van der Waals surface area contributed by atoms with E-state index in [0.717, 1.165) is 48.5 Å². The second kappa shape index (κ2) is 6.82. The molecule has 1 fully saturated rings. The van der Waals surface area contributed by atoms with Gasteiger partial charge in [-0.15, -0.1) is 0 Å². The zero-order valence-electron chi connectivity index (χ0n) is 15.0. The van der Waals surface area contributed by atoms with Crippen molar-refractivity contribution in [3.05, 3.63) is 41.8 Å². The van der Waals surface area contributed by atoms with Crippen LogP contribution in [0.3, 0.4) is 0 Å². The average Bonchev–Trinajstić information content (AvgIpc) is 3.27. The number of anilines is 1. The van der Waals surface area contributed by atoms with Gasteiger partial charge in [0.2, 0.25) is 5.91 Å². The predicted molar refractivity (Wildman–Crippen MR) is 96.7 cm³/mol. The molecule has 0 aliphatic carbocycles. The van der Waals surface area contributed by atoms with Crippen LogP contribution >= 0.6 is 0 Å². The largest absolute Gasteiger partial charge is 0.423 e. The van der Waals surface area contributed by atoms with Crippen molar-refractivity contribution in [2.24, 2.45) is 5.92 Å². The summed E-state index contributed by atoms with van der Waals surface area (Å²) in [4.78, 5) is 21.1. The minimum Gasteiger partial charge on any atom is -0.423 e. The van der Waals surface area contributed by atoms with Crippen LogP contribution in [0.4, 0.5) is 6.01 Å². The molecular formula is C19H22N4O3. The van der Waals surface area contributed by atoms with Crippen molar-refractivity contribution in [3.63, 3.8) is 0 Å². The lowest BCUT2D eigenvalue weighted by molar-refractivity contribution is -0.135. The minimum absolute atomic E-state index is 0.0219. The Morgan fingerprint density at radius 1 is 1.31 bits per heavy atom. The van der Waals surface area contributed by atoms with Gasteiger partial charge >= 0.3 is 0 Å². The maximum absolute atomic E-state index is 12.7. The Labute approximate surface area is 151 Å². The number of para-hydroxylation sites is 2. The highest BCUT2D eigenvalue weighted by Crippen LogP contribution is 2.27. The number of benzene rings is 1. The first-order chi connectivity index (χ1) is 12.6. The number of carbonyl (C=O) groups is 1. The summed E-state index contributed by atoms with van der Waals surface area (Å²) in [5, 5.41) is 3.96. The molecule has 2 aromatic heterocycles. The number of fused-ring (bicyclic) bond motifs is 1. The quantitative estimate of drug-likeness (QED) is 0.717. The Morgan fingerprint density at radius 2 is 2.08 bits per heavy atom. The van der Waals surface area contributed by atoms with Crippen molar-refractivity contribution < 1.29 is 13.7 Å². The van der Waals surface area contributed by atoms with Crippen LogP contribution in [0.15, 0.2) is 39.3 Å². The van der Waals surface area contributed by atoms with Gasteiger partial charge in [-0.3, -0.25) is 4.79 Å². The number of piperidine rings is 1. The molecule has 136 valence electrons. The first kappa shape index (κ1) is 16.6. The van der Waals surface area contributed by atoms with Gasteiger partial charge in [-0.2, -0.15) is 4.98 Å². The van der Waals surface area contributed by atoms with Crippen LogP contribution in [-0.2, 0) is 11.3 Å². The molecule has 7 heteroatoms. The van der Waals surface area contributed by atoms with E-state index in [-0.39, 0.29) is 11.8 Å². The van der Waals surface area contributed by atoms with Crippen LogP contribution in [0.5, 0.6) is 0 Å². The van der Waals surface area contributed by atoms with Gasteiger partial charge in [-0.1, -0.05) is 17.3 Å². The number of aromatic nitrogens is 2. The number of hydrogen-bond acceptors (Lipinski definition) is 6. The lowest BCUT2D eigenvalue weighted by Crippen LogP contribution is -2.41. The fourth-order valence-corrected chi connectivity index (χ4v) is 3.44. The van der Waals surface area contributed by atoms with Crippen LogP contribution < -0.4 is 4.90 Å². The number of amides is 1. The van der Waals surface area contributed by atoms with E-state index in [2.05, 4.69) is 15.0 Å². The summed E-state index contributed by atoms with van der Waals surface area (Å²) in [7, 11) is 1.82. The molecule has 3 aromatic rings. The number of aryl methyl sites for hydroxylation is 1. The van der Waals surface area contributed by atoms with E-state index < -0.39 is 0 Å². The third-order valence-electron chi connectivity index (χ3n) is 4.85. The van der Waals surface area contributed by atoms with E-state index >= 15 is 0 Å². The summed E-state index contributed by atoms with van der Waals surface area (Å²) in [5.41, 5.74) is 2.44. The SMILES string of the molecule is Cc1cc(CN(C)C(=O)C2CCN(c3nc4ccccc4o3)CC2)no1. The number of nitrogens with zero attached hydrogens (tertiary/aromatic N) is 4. The molecular weight excluding hydrogens is 332 g/mol. The molecule has 0 spiro atoms. The Hall–Kier alpha value is -2.83. The smallest absolute Gasteiger partial charge is 0.298 e. The van der Waals surface area contributed by atoms with E-state index in [1.165, 1.54) is 0 Å². The normalized spacial score (nSPS) is 15.5. The highest BCUT2D eigenvalue weighted by atomic mass is 16.5. The van der Waals surface area contributed by atoms with Gasteiger partial charge in [0.15, 0.2) is 5.58 Å². The highest BCUT2D eigenvalue weighted by Gasteiger charge is 2.29. The van der Waals surface area contributed by atoms with E-state index in [0.29, 0.717) is 12.6 Å². The molecule has 0 N–H and O–H groups in total. The second-order valence-electron chi connectivity index (χ2n) is 6.85. The van der Waals surface area contributed by atoms with Crippen molar-refractivity contribution in [3.8, 4) is 0 Å². The highest BCUT2D eigenvalue weighted by molar-refractivity contribution is 5.79. The fourth-order valence-electron chi connectivity index (χ4n) is 3.44. The molecule has 3 heterocycles. The van der Waals surface area contributed by atoms with Gasteiger partial charge in [0, 0.05) is 32.1 Å². The van der Waals surface area contributed by atoms with Crippen LogP contribution in [0.2, 0.25) is 0 Å². The molecule has 0 bridgehead atoms. The topological polar surface area (TPSA) is 75.6 Å². The Kier molecular flexibility index (Phi) is 4.36. The van der Waals surface area contributed by atoms with Crippen molar-refractivity contribution >= 4 is 23.0 Å². The van der Waals surface area contributed by atoms with Gasteiger partial charge in [-0.05, 0) is 31.9 Å². The Morgan fingerprint density at radius 3 is 2.77 bits per heavy atom. The predicted octanol–water partition coefficient (Wildman–Crippen LogP) is 3.00. The monoisotopic (exact) mass is 354 g/mol. The average molecular weight is 354 g/mol. The van der Waals surface area contributed by atoms with Crippen molar-refractivity contribution in [2.75, 3.05) is 25.0 Å². The second-order valence-corrected chi connectivity index (χ2v) is 6.85. The summed E-state index contributed by atoms with van der Waals surface area (Å²) in [6.07, 6.45) is 1.58. The van der Waals surface area contributed by atoms with Crippen molar-refractivity contribution in [1.82, 2.24) is 15.0 Å². The zero-order chi connectivity index (χ0) is 18.1. The molecule has 0 unspecified atom stereocenters. The van der Waals surface area contributed by atoms with Gasteiger partial charge in [0.05, 0.1) is 6.54 Å². The summed E-state index contributed by atoms with van der Waals surface area (Å²) in [6.45, 7) is 3.85. The third kappa shape index (κ3) is 3.29. The van der Waals surface area contributed by atoms with Crippen molar-refractivity contribution in [2.45, 2.75) is 26.3 Å². The van der Waals surface area contributed by atoms with E-state index in [4.69, 9.17) is 8.94 Å². The molecule has 4 rings (SSSR count). The summed E-state index contributed by atoms with van der Waals surface area (Å²) >= 11 is 0. The first-order valence-electron chi connectivity index (χ1n) is 8.88.